The number of anilines is 1. The quantitative estimate of drug-likeness (QED) is 0.406. The van der Waals surface area contributed by atoms with E-state index >= 15 is 0 Å². The number of ether oxygens (including phenoxy) is 2. The molecule has 2 aromatic carbocycles. The number of hydrogen-bond donors (Lipinski definition) is 1. The largest absolute Gasteiger partial charge is 0.490 e. The van der Waals surface area contributed by atoms with Crippen LogP contribution in [0.15, 0.2) is 48.6 Å². The Bertz CT molecular complexity index is 1280. The Hall–Kier alpha value is -3.03. The van der Waals surface area contributed by atoms with Crippen LogP contribution in [0.2, 0.25) is 5.02 Å². The number of benzene rings is 2. The minimum Gasteiger partial charge on any atom is -0.490 e. The van der Waals surface area contributed by atoms with Gasteiger partial charge in [-0.05, 0) is 79.5 Å². The zero-order valence-corrected chi connectivity index (χ0v) is 23.5. The molecule has 8 heteroatoms. The summed E-state index contributed by atoms with van der Waals surface area (Å²) in [5, 5.41) is 12.4. The maximum atomic E-state index is 13.1. The second-order valence-corrected chi connectivity index (χ2v) is 11.5. The lowest BCUT2D eigenvalue weighted by molar-refractivity contribution is -0.168. The van der Waals surface area contributed by atoms with Crippen molar-refractivity contribution in [2.75, 3.05) is 45.3 Å². The molecule has 0 fully saturated rings. The average molecular weight is 553 g/mol. The topological polar surface area (TPSA) is 79.3 Å². The number of hydrogen-bond acceptors (Lipinski definition) is 6. The van der Waals surface area contributed by atoms with Gasteiger partial charge < -0.3 is 24.4 Å². The number of amides is 1. The molecule has 0 radical (unpaired) electrons. The molecule has 0 unspecified atom stereocenters. The molecule has 3 aliphatic rings. The van der Waals surface area contributed by atoms with E-state index in [4.69, 9.17) is 21.1 Å². The van der Waals surface area contributed by atoms with Crippen molar-refractivity contribution < 1.29 is 24.2 Å². The molecule has 0 saturated heterocycles. The SMILES string of the molecule is COC(=O)[C@]1(O)CC(=O)N(C)CC/C=C\CCCN2C[C@@]3(CCCc4cc(Cl)ccc43)COc3ccc1cc32. The van der Waals surface area contributed by atoms with E-state index in [0.29, 0.717) is 30.9 Å². The number of carbonyl (C=O) groups is 2. The second kappa shape index (κ2) is 11.2. The third kappa shape index (κ3) is 5.39. The van der Waals surface area contributed by atoms with Crippen molar-refractivity contribution in [3.63, 3.8) is 0 Å². The van der Waals surface area contributed by atoms with Crippen molar-refractivity contribution in [3.8, 4) is 5.75 Å². The zero-order valence-electron chi connectivity index (χ0n) is 22.7. The van der Waals surface area contributed by atoms with Crippen LogP contribution in [-0.4, -0.2) is 62.3 Å². The van der Waals surface area contributed by atoms with E-state index < -0.39 is 18.0 Å². The molecule has 0 aromatic heterocycles. The number of carbonyl (C=O) groups excluding carboxylic acids is 2. The number of aliphatic hydroxyl groups is 1. The minimum atomic E-state index is -2.12. The second-order valence-electron chi connectivity index (χ2n) is 11.1. The van der Waals surface area contributed by atoms with Gasteiger partial charge in [0.1, 0.15) is 5.75 Å². The molecule has 7 nitrogen and oxygen atoms in total. The van der Waals surface area contributed by atoms with E-state index in [1.54, 1.807) is 24.1 Å². The molecule has 5 rings (SSSR count). The van der Waals surface area contributed by atoms with Crippen LogP contribution in [0, 0.1) is 0 Å². The monoisotopic (exact) mass is 552 g/mol. The summed E-state index contributed by atoms with van der Waals surface area (Å²) in [4.78, 5) is 29.9. The number of esters is 1. The van der Waals surface area contributed by atoms with Crippen LogP contribution in [0.5, 0.6) is 5.75 Å². The van der Waals surface area contributed by atoms with E-state index in [-0.39, 0.29) is 11.3 Å². The van der Waals surface area contributed by atoms with Crippen LogP contribution in [0.4, 0.5) is 5.69 Å². The fourth-order valence-corrected chi connectivity index (χ4v) is 6.45. The number of halogens is 1. The molecule has 2 aromatic rings. The highest BCUT2D eigenvalue weighted by atomic mass is 35.5. The molecule has 1 aliphatic carbocycles. The number of nitrogens with zero attached hydrogens (tertiary/aromatic N) is 2. The summed E-state index contributed by atoms with van der Waals surface area (Å²) in [5.41, 5.74) is 1.35. The van der Waals surface area contributed by atoms with Gasteiger partial charge in [0.05, 0.1) is 25.8 Å². The van der Waals surface area contributed by atoms with Crippen LogP contribution in [-0.2, 0) is 31.8 Å². The molecule has 2 bridgehead atoms. The Morgan fingerprint density at radius 2 is 1.92 bits per heavy atom. The summed E-state index contributed by atoms with van der Waals surface area (Å²) in [6.45, 7) is 2.54. The predicted octanol–water partition coefficient (Wildman–Crippen LogP) is 4.76. The van der Waals surface area contributed by atoms with Gasteiger partial charge in [-0.15, -0.1) is 0 Å². The summed E-state index contributed by atoms with van der Waals surface area (Å²) in [7, 11) is 2.91. The van der Waals surface area contributed by atoms with Crippen molar-refractivity contribution in [1.29, 1.82) is 0 Å². The van der Waals surface area contributed by atoms with Crippen molar-refractivity contribution in [1.82, 2.24) is 4.90 Å². The van der Waals surface area contributed by atoms with Gasteiger partial charge in [0.15, 0.2) is 5.60 Å². The first kappa shape index (κ1) is 27.5. The number of rotatable bonds is 1. The zero-order chi connectivity index (χ0) is 27.6. The lowest BCUT2D eigenvalue weighted by Gasteiger charge is -2.41. The normalized spacial score (nSPS) is 26.5. The number of allylic oxidation sites excluding steroid dienone is 1. The average Bonchev–Trinajstić information content (AvgIpc) is 3.08. The third-order valence-corrected chi connectivity index (χ3v) is 8.70. The summed E-state index contributed by atoms with van der Waals surface area (Å²) in [6, 6.07) is 11.5. The van der Waals surface area contributed by atoms with E-state index in [1.807, 2.05) is 12.1 Å². The highest BCUT2D eigenvalue weighted by molar-refractivity contribution is 6.30. The van der Waals surface area contributed by atoms with Gasteiger partial charge >= 0.3 is 5.97 Å². The Labute approximate surface area is 235 Å². The smallest absolute Gasteiger partial charge is 0.343 e. The number of methoxy groups -OCH3 is 1. The van der Waals surface area contributed by atoms with E-state index in [2.05, 4.69) is 29.2 Å². The lowest BCUT2D eigenvalue weighted by Crippen LogP contribution is -2.46. The molecule has 1 amide bonds. The number of aryl methyl sites for hydroxylation is 1. The highest BCUT2D eigenvalue weighted by Crippen LogP contribution is 2.45. The molecule has 2 atom stereocenters. The molecule has 2 heterocycles. The molecule has 0 saturated carbocycles. The first-order valence-electron chi connectivity index (χ1n) is 13.8. The first-order chi connectivity index (χ1) is 18.8. The summed E-state index contributed by atoms with van der Waals surface area (Å²) < 4.78 is 11.5. The van der Waals surface area contributed by atoms with E-state index in [1.165, 1.54) is 18.2 Å². The Morgan fingerprint density at radius 1 is 1.10 bits per heavy atom. The lowest BCUT2D eigenvalue weighted by atomic mass is 9.70. The molecule has 208 valence electrons. The van der Waals surface area contributed by atoms with Gasteiger partial charge in [0.2, 0.25) is 5.91 Å². The first-order valence-corrected chi connectivity index (χ1v) is 14.1. The third-order valence-electron chi connectivity index (χ3n) is 8.47. The van der Waals surface area contributed by atoms with Gasteiger partial charge in [0.25, 0.3) is 0 Å². The van der Waals surface area contributed by atoms with Gasteiger partial charge in [-0.2, -0.15) is 0 Å². The van der Waals surface area contributed by atoms with Crippen LogP contribution in [0.3, 0.4) is 0 Å². The highest BCUT2D eigenvalue weighted by Gasteiger charge is 2.45. The minimum absolute atomic E-state index is 0.215. The van der Waals surface area contributed by atoms with Gasteiger partial charge in [-0.25, -0.2) is 4.79 Å². The fraction of sp³-hybridized carbons (Fsp3) is 0.484. The Morgan fingerprint density at radius 3 is 2.74 bits per heavy atom. The molecule has 1 N–H and O–H groups in total. The van der Waals surface area contributed by atoms with Crippen molar-refractivity contribution in [2.24, 2.45) is 0 Å². The van der Waals surface area contributed by atoms with Gasteiger partial charge in [-0.1, -0.05) is 35.9 Å². The van der Waals surface area contributed by atoms with E-state index in [9.17, 15) is 14.7 Å². The van der Waals surface area contributed by atoms with Gasteiger partial charge in [0, 0.05) is 37.1 Å². The van der Waals surface area contributed by atoms with Crippen molar-refractivity contribution in [3.05, 3.63) is 70.3 Å². The van der Waals surface area contributed by atoms with Crippen molar-refractivity contribution in [2.45, 2.75) is 56.0 Å². The maximum Gasteiger partial charge on any atom is 0.343 e. The van der Waals surface area contributed by atoms with Crippen LogP contribution >= 0.6 is 11.6 Å². The maximum absolute atomic E-state index is 13.1. The summed E-state index contributed by atoms with van der Waals surface area (Å²) in [5.74, 6) is -0.484. The molecular weight excluding hydrogens is 516 g/mol. The Balaban J connectivity index is 1.60. The van der Waals surface area contributed by atoms with Gasteiger partial charge in [-0.3, -0.25) is 4.79 Å². The molecule has 2 aliphatic heterocycles. The number of fused-ring (bicyclic) bond motifs is 3. The van der Waals surface area contributed by atoms with Crippen LogP contribution in [0.1, 0.15) is 55.2 Å². The predicted molar refractivity (Wildman–Crippen MR) is 151 cm³/mol. The standard InChI is InChI=1S/C31H37ClN2O5/c1-33-15-6-4-3-5-7-16-34-20-30(14-8-9-22-17-24(32)11-12-25(22)30)21-39-27-13-10-23(18-26(27)34)31(37,19-28(33)35)29(36)38-2/h3-4,10-13,17-18,37H,5-9,14-16,19-21H2,1-2H3/b4-3-/t30-,31-/m0/s1. The van der Waals surface area contributed by atoms with Crippen molar-refractivity contribution >= 4 is 29.2 Å². The van der Waals surface area contributed by atoms with Crippen LogP contribution in [0.25, 0.3) is 0 Å². The van der Waals surface area contributed by atoms with Crippen LogP contribution < -0.4 is 9.64 Å². The molecule has 1 spiro atoms. The molecular formula is C31H37ClN2O5. The van der Waals surface area contributed by atoms with E-state index in [0.717, 1.165) is 55.9 Å². The summed E-state index contributed by atoms with van der Waals surface area (Å²) >= 11 is 6.36. The Kier molecular flexibility index (Phi) is 7.92. The fourth-order valence-electron chi connectivity index (χ4n) is 6.25. The molecule has 39 heavy (non-hydrogen) atoms. The summed E-state index contributed by atoms with van der Waals surface area (Å²) in [6.07, 6.45) is 9.44.